The average Bonchev–Trinajstić information content (AvgIpc) is 3.03. The van der Waals surface area contributed by atoms with Crippen LogP contribution in [0.4, 0.5) is 0 Å². The third-order valence-corrected chi connectivity index (χ3v) is 7.31. The van der Waals surface area contributed by atoms with Crippen LogP contribution in [0.15, 0.2) is 11.0 Å². The van der Waals surface area contributed by atoms with Gasteiger partial charge in [-0.15, -0.1) is 11.3 Å². The molecule has 1 N–H and O–H groups in total. The molecule has 2 heterocycles. The van der Waals surface area contributed by atoms with Gasteiger partial charge in [0.05, 0.1) is 30.3 Å². The molecular weight excluding hydrogens is 298 g/mol. The number of aryl methyl sites for hydroxylation is 1. The second-order valence-corrected chi connectivity index (χ2v) is 8.51. The van der Waals surface area contributed by atoms with Crippen LogP contribution in [-0.2, 0) is 21.4 Å². The van der Waals surface area contributed by atoms with Crippen molar-refractivity contribution in [3.63, 3.8) is 0 Å². The first-order valence-corrected chi connectivity index (χ1v) is 9.13. The Balaban J connectivity index is 1.96. The van der Waals surface area contributed by atoms with Crippen LogP contribution in [0.5, 0.6) is 0 Å². The summed E-state index contributed by atoms with van der Waals surface area (Å²) in [5.74, 6) is 0. The fraction of sp³-hybridized carbons (Fsp3) is 0.692. The lowest BCUT2D eigenvalue weighted by Gasteiger charge is -2.36. The van der Waals surface area contributed by atoms with E-state index >= 15 is 0 Å². The Kier molecular flexibility index (Phi) is 3.89. The maximum Gasteiger partial charge on any atom is 0.244 e. The van der Waals surface area contributed by atoms with Gasteiger partial charge in [-0.3, -0.25) is 0 Å². The minimum atomic E-state index is -3.48. The minimum Gasteiger partial charge on any atom is -0.391 e. The molecule has 0 bridgehead atoms. The van der Waals surface area contributed by atoms with Crippen LogP contribution in [-0.4, -0.2) is 43.1 Å². The molecule has 3 rings (SSSR count). The van der Waals surface area contributed by atoms with Gasteiger partial charge in [-0.2, -0.15) is 4.31 Å². The number of morpholine rings is 1. The third-order valence-electron chi connectivity index (χ3n) is 4.10. The van der Waals surface area contributed by atoms with Gasteiger partial charge in [0.25, 0.3) is 0 Å². The fourth-order valence-electron chi connectivity index (χ4n) is 3.17. The topological polar surface area (TPSA) is 66.8 Å². The first-order valence-electron chi connectivity index (χ1n) is 6.87. The highest BCUT2D eigenvalue weighted by Gasteiger charge is 2.42. The van der Waals surface area contributed by atoms with E-state index < -0.39 is 10.0 Å². The first-order chi connectivity index (χ1) is 9.54. The molecule has 0 aromatic carbocycles. The first kappa shape index (κ1) is 14.5. The van der Waals surface area contributed by atoms with Crippen molar-refractivity contribution in [2.24, 2.45) is 0 Å². The minimum absolute atomic E-state index is 0.0226. The number of sulfonamides is 1. The van der Waals surface area contributed by atoms with Crippen molar-refractivity contribution in [2.45, 2.75) is 49.8 Å². The largest absolute Gasteiger partial charge is 0.391 e. The Bertz CT molecular complexity index is 596. The van der Waals surface area contributed by atoms with Gasteiger partial charge in [0, 0.05) is 16.3 Å². The highest BCUT2D eigenvalue weighted by molar-refractivity contribution is 7.89. The molecule has 1 saturated carbocycles. The maximum absolute atomic E-state index is 12.9. The van der Waals surface area contributed by atoms with E-state index in [9.17, 15) is 13.5 Å². The van der Waals surface area contributed by atoms with Crippen molar-refractivity contribution in [1.29, 1.82) is 0 Å². The number of aliphatic hydroxyl groups excluding tert-OH is 1. The molecule has 1 aliphatic heterocycles. The number of ether oxygens (including phenoxy) is 1. The number of hydrogen-bond acceptors (Lipinski definition) is 5. The predicted molar refractivity (Wildman–Crippen MR) is 76.2 cm³/mol. The summed E-state index contributed by atoms with van der Waals surface area (Å²) in [6.07, 6.45) is 2.89. The van der Waals surface area contributed by atoms with Gasteiger partial charge in [0.2, 0.25) is 10.0 Å². The lowest BCUT2D eigenvalue weighted by atomic mass is 10.2. The number of nitrogens with zero attached hydrogens (tertiary/aromatic N) is 1. The molecule has 2 fully saturated rings. The Morgan fingerprint density at radius 2 is 2.30 bits per heavy atom. The molecule has 2 aliphatic rings. The van der Waals surface area contributed by atoms with E-state index in [4.69, 9.17) is 4.74 Å². The summed E-state index contributed by atoms with van der Waals surface area (Å²) in [4.78, 5) is 1.78. The van der Waals surface area contributed by atoms with Gasteiger partial charge in [-0.25, -0.2) is 8.42 Å². The second kappa shape index (κ2) is 5.38. The molecule has 5 nitrogen and oxygen atoms in total. The number of fused-ring (bicyclic) bond motifs is 1. The molecule has 1 saturated heterocycles. The SMILES string of the molecule is Cc1sc(CO)cc1S(=O)(=O)N1CCOC2CCCC21. The van der Waals surface area contributed by atoms with Gasteiger partial charge >= 0.3 is 0 Å². The summed E-state index contributed by atoms with van der Waals surface area (Å²) in [5, 5.41) is 9.18. The maximum atomic E-state index is 12.9. The molecule has 2 atom stereocenters. The third kappa shape index (κ3) is 2.31. The van der Waals surface area contributed by atoms with E-state index in [1.807, 2.05) is 0 Å². The van der Waals surface area contributed by atoms with Crippen molar-refractivity contribution in [3.8, 4) is 0 Å². The number of hydrogen-bond donors (Lipinski definition) is 1. The molecule has 1 aromatic heterocycles. The van der Waals surface area contributed by atoms with E-state index in [0.717, 1.165) is 24.1 Å². The quantitative estimate of drug-likeness (QED) is 0.917. The zero-order valence-electron chi connectivity index (χ0n) is 11.4. The Hall–Kier alpha value is -0.470. The van der Waals surface area contributed by atoms with Crippen LogP contribution in [0.1, 0.15) is 29.0 Å². The standard InChI is InChI=1S/C13H19NO4S2/c1-9-13(7-10(8-15)19-9)20(16,17)14-5-6-18-12-4-2-3-11(12)14/h7,11-12,15H,2-6,8H2,1H3. The van der Waals surface area contributed by atoms with Crippen LogP contribution in [0.2, 0.25) is 0 Å². The molecule has 0 radical (unpaired) electrons. The van der Waals surface area contributed by atoms with Gasteiger partial charge in [-0.1, -0.05) is 0 Å². The van der Waals surface area contributed by atoms with Gasteiger partial charge < -0.3 is 9.84 Å². The summed E-state index contributed by atoms with van der Waals surface area (Å²) >= 11 is 1.34. The van der Waals surface area contributed by atoms with Crippen LogP contribution in [0.3, 0.4) is 0 Å². The fourth-order valence-corrected chi connectivity index (χ4v) is 6.30. The monoisotopic (exact) mass is 317 g/mol. The van der Waals surface area contributed by atoms with Crippen molar-refractivity contribution < 1.29 is 18.3 Å². The molecular formula is C13H19NO4S2. The summed E-state index contributed by atoms with van der Waals surface area (Å²) in [5.41, 5.74) is 0. The van der Waals surface area contributed by atoms with Gasteiger partial charge in [0.15, 0.2) is 0 Å². The van der Waals surface area contributed by atoms with E-state index in [0.29, 0.717) is 22.9 Å². The number of aliphatic hydroxyl groups is 1. The van der Waals surface area contributed by atoms with E-state index in [-0.39, 0.29) is 18.8 Å². The van der Waals surface area contributed by atoms with Crippen molar-refractivity contribution in [2.75, 3.05) is 13.2 Å². The second-order valence-electron chi connectivity index (χ2n) is 5.31. The number of thiophene rings is 1. The summed E-state index contributed by atoms with van der Waals surface area (Å²) in [7, 11) is -3.48. The molecule has 0 amide bonds. The van der Waals surface area contributed by atoms with E-state index in [1.54, 1.807) is 17.3 Å². The Morgan fingerprint density at radius 3 is 3.00 bits per heavy atom. The van der Waals surface area contributed by atoms with E-state index in [1.165, 1.54) is 11.3 Å². The number of rotatable bonds is 3. The Labute approximate surface area is 123 Å². The Morgan fingerprint density at radius 1 is 1.50 bits per heavy atom. The van der Waals surface area contributed by atoms with Gasteiger partial charge in [0.1, 0.15) is 0 Å². The smallest absolute Gasteiger partial charge is 0.244 e. The molecule has 20 heavy (non-hydrogen) atoms. The van der Waals surface area contributed by atoms with Crippen LogP contribution < -0.4 is 0 Å². The molecule has 2 unspecified atom stereocenters. The van der Waals surface area contributed by atoms with Crippen LogP contribution in [0, 0.1) is 6.92 Å². The predicted octanol–water partition coefficient (Wildman–Crippen LogP) is 1.49. The van der Waals surface area contributed by atoms with Crippen molar-refractivity contribution in [3.05, 3.63) is 15.8 Å². The van der Waals surface area contributed by atoms with E-state index in [2.05, 4.69) is 0 Å². The average molecular weight is 317 g/mol. The molecule has 0 spiro atoms. The molecule has 1 aromatic rings. The highest BCUT2D eigenvalue weighted by Crippen LogP contribution is 2.35. The molecule has 112 valence electrons. The van der Waals surface area contributed by atoms with Gasteiger partial charge in [-0.05, 0) is 32.3 Å². The van der Waals surface area contributed by atoms with Crippen molar-refractivity contribution >= 4 is 21.4 Å². The normalized spacial score (nSPS) is 27.7. The van der Waals surface area contributed by atoms with Crippen molar-refractivity contribution in [1.82, 2.24) is 4.31 Å². The van der Waals surface area contributed by atoms with Crippen LogP contribution in [0.25, 0.3) is 0 Å². The van der Waals surface area contributed by atoms with Crippen LogP contribution >= 0.6 is 11.3 Å². The highest BCUT2D eigenvalue weighted by atomic mass is 32.2. The molecule has 7 heteroatoms. The summed E-state index contributed by atoms with van der Waals surface area (Å²) in [6, 6.07) is 1.58. The lowest BCUT2D eigenvalue weighted by Crippen LogP contribution is -2.51. The summed E-state index contributed by atoms with van der Waals surface area (Å²) in [6.45, 7) is 2.57. The zero-order valence-corrected chi connectivity index (χ0v) is 13.0. The zero-order chi connectivity index (χ0) is 14.3. The lowest BCUT2D eigenvalue weighted by molar-refractivity contribution is -0.0241. The molecule has 1 aliphatic carbocycles. The summed E-state index contributed by atoms with van der Waals surface area (Å²) < 4.78 is 33.0.